The highest BCUT2D eigenvalue weighted by Crippen LogP contribution is 2.17. The number of aryl methyl sites for hydroxylation is 1. The summed E-state index contributed by atoms with van der Waals surface area (Å²) in [5, 5.41) is 0.767. The molecule has 0 radical (unpaired) electrons. The van der Waals surface area contributed by atoms with Crippen molar-refractivity contribution in [1.29, 1.82) is 0 Å². The topological polar surface area (TPSA) is 43.1 Å². The first-order chi connectivity index (χ1) is 6.57. The molecule has 0 fully saturated rings. The number of nitrogens with two attached hydrogens (primary N) is 1. The van der Waals surface area contributed by atoms with Crippen molar-refractivity contribution in [2.45, 2.75) is 13.3 Å². The summed E-state index contributed by atoms with van der Waals surface area (Å²) >= 11 is 3.28. The van der Waals surface area contributed by atoms with Crippen LogP contribution < -0.4 is 5.73 Å². The molecule has 0 atom stereocenters. The molecule has 1 amide bonds. The number of carbonyl (C=O) groups excluding carboxylic acids is 1. The van der Waals surface area contributed by atoms with Crippen LogP contribution in [0.1, 0.15) is 21.5 Å². The largest absolute Gasteiger partial charge is 0.366 e. The number of halogens is 2. The predicted octanol–water partition coefficient (Wildman–Crippen LogP) is 2.17. The summed E-state index contributed by atoms with van der Waals surface area (Å²) in [6, 6.07) is 3.17. The van der Waals surface area contributed by atoms with Crippen LogP contribution in [0.4, 0.5) is 4.39 Å². The van der Waals surface area contributed by atoms with Gasteiger partial charge in [0, 0.05) is 5.33 Å². The Morgan fingerprint density at radius 3 is 2.71 bits per heavy atom. The third-order valence-electron chi connectivity index (χ3n) is 2.13. The number of primary amides is 1. The number of amides is 1. The molecule has 14 heavy (non-hydrogen) atoms. The fraction of sp³-hybridized carbons (Fsp3) is 0.300. The van der Waals surface area contributed by atoms with Gasteiger partial charge < -0.3 is 5.73 Å². The van der Waals surface area contributed by atoms with Crippen molar-refractivity contribution in [1.82, 2.24) is 0 Å². The Bertz CT molecular complexity index is 365. The van der Waals surface area contributed by atoms with Gasteiger partial charge in [0.05, 0.1) is 5.56 Å². The third-order valence-corrected chi connectivity index (χ3v) is 2.52. The Hall–Kier alpha value is -0.900. The monoisotopic (exact) mass is 259 g/mol. The van der Waals surface area contributed by atoms with Crippen molar-refractivity contribution >= 4 is 21.8 Å². The molecule has 0 aliphatic heterocycles. The smallest absolute Gasteiger partial charge is 0.251 e. The van der Waals surface area contributed by atoms with Crippen molar-refractivity contribution in [3.63, 3.8) is 0 Å². The van der Waals surface area contributed by atoms with Gasteiger partial charge in [0.2, 0.25) is 0 Å². The summed E-state index contributed by atoms with van der Waals surface area (Å²) in [6.07, 6.45) is 0.738. The Kier molecular flexibility index (Phi) is 3.63. The maximum Gasteiger partial charge on any atom is 0.251 e. The Morgan fingerprint density at radius 2 is 2.21 bits per heavy atom. The van der Waals surface area contributed by atoms with Gasteiger partial charge in [0.25, 0.3) is 5.91 Å². The summed E-state index contributed by atoms with van der Waals surface area (Å²) in [6.45, 7) is 1.65. The van der Waals surface area contributed by atoms with Crippen LogP contribution in [0, 0.1) is 12.7 Å². The van der Waals surface area contributed by atoms with Crippen LogP contribution in [0.25, 0.3) is 0 Å². The molecular formula is C10H11BrFNO. The van der Waals surface area contributed by atoms with E-state index >= 15 is 0 Å². The van der Waals surface area contributed by atoms with E-state index in [0.717, 1.165) is 17.3 Å². The molecule has 0 aliphatic carbocycles. The fourth-order valence-electron chi connectivity index (χ4n) is 1.29. The first-order valence-corrected chi connectivity index (χ1v) is 5.33. The predicted molar refractivity (Wildman–Crippen MR) is 57.2 cm³/mol. The van der Waals surface area contributed by atoms with E-state index in [9.17, 15) is 9.18 Å². The molecule has 0 aliphatic rings. The van der Waals surface area contributed by atoms with E-state index in [1.54, 1.807) is 13.0 Å². The normalized spacial score (nSPS) is 10.2. The quantitative estimate of drug-likeness (QED) is 0.831. The summed E-state index contributed by atoms with van der Waals surface area (Å²) in [7, 11) is 0. The highest BCUT2D eigenvalue weighted by atomic mass is 79.9. The lowest BCUT2D eigenvalue weighted by atomic mass is 10.0. The summed E-state index contributed by atoms with van der Waals surface area (Å²) in [4.78, 5) is 10.8. The second-order valence-electron chi connectivity index (χ2n) is 3.01. The van der Waals surface area contributed by atoms with Gasteiger partial charge in [-0.05, 0) is 30.5 Å². The lowest BCUT2D eigenvalue weighted by Gasteiger charge is -2.07. The number of benzene rings is 1. The number of hydrogen-bond donors (Lipinski definition) is 1. The van der Waals surface area contributed by atoms with Crippen LogP contribution >= 0.6 is 15.9 Å². The second-order valence-corrected chi connectivity index (χ2v) is 3.81. The molecule has 0 aromatic heterocycles. The van der Waals surface area contributed by atoms with Crippen molar-refractivity contribution < 1.29 is 9.18 Å². The first-order valence-electron chi connectivity index (χ1n) is 4.21. The minimum atomic E-state index is -0.726. The van der Waals surface area contributed by atoms with E-state index in [0.29, 0.717) is 5.56 Å². The summed E-state index contributed by atoms with van der Waals surface area (Å²) in [5.74, 6) is -1.23. The Morgan fingerprint density at radius 1 is 1.57 bits per heavy atom. The van der Waals surface area contributed by atoms with Gasteiger partial charge in [-0.3, -0.25) is 4.79 Å². The van der Waals surface area contributed by atoms with Gasteiger partial charge in [-0.1, -0.05) is 22.0 Å². The van der Waals surface area contributed by atoms with Crippen LogP contribution in [-0.2, 0) is 6.42 Å². The lowest BCUT2D eigenvalue weighted by molar-refractivity contribution is 0.0996. The van der Waals surface area contributed by atoms with Gasteiger partial charge in [-0.15, -0.1) is 0 Å². The zero-order valence-electron chi connectivity index (χ0n) is 7.81. The number of carbonyl (C=O) groups is 1. The highest BCUT2D eigenvalue weighted by molar-refractivity contribution is 9.09. The Labute approximate surface area is 90.4 Å². The minimum absolute atomic E-state index is 0.0409. The zero-order valence-corrected chi connectivity index (χ0v) is 9.40. The van der Waals surface area contributed by atoms with Crippen molar-refractivity contribution in [3.8, 4) is 0 Å². The Balaban J connectivity index is 3.19. The highest BCUT2D eigenvalue weighted by Gasteiger charge is 2.12. The average Bonchev–Trinajstić information content (AvgIpc) is 2.13. The minimum Gasteiger partial charge on any atom is -0.366 e. The van der Waals surface area contributed by atoms with Gasteiger partial charge in [0.15, 0.2) is 0 Å². The van der Waals surface area contributed by atoms with Crippen molar-refractivity contribution in [2.24, 2.45) is 5.73 Å². The first kappa shape index (κ1) is 11.2. The molecule has 0 unspecified atom stereocenters. The second kappa shape index (κ2) is 4.55. The molecule has 0 saturated carbocycles. The van der Waals surface area contributed by atoms with Gasteiger partial charge in [-0.2, -0.15) is 0 Å². The van der Waals surface area contributed by atoms with Crippen LogP contribution in [0.15, 0.2) is 12.1 Å². The molecule has 76 valence electrons. The van der Waals surface area contributed by atoms with Gasteiger partial charge in [0.1, 0.15) is 5.82 Å². The van der Waals surface area contributed by atoms with Crippen LogP contribution in [0.2, 0.25) is 0 Å². The van der Waals surface area contributed by atoms with Gasteiger partial charge >= 0.3 is 0 Å². The summed E-state index contributed by atoms with van der Waals surface area (Å²) < 4.78 is 13.5. The molecule has 1 aromatic carbocycles. The molecule has 1 rings (SSSR count). The van der Waals surface area contributed by atoms with E-state index in [-0.39, 0.29) is 5.56 Å². The molecule has 2 nitrogen and oxygen atoms in total. The molecule has 0 heterocycles. The van der Waals surface area contributed by atoms with E-state index < -0.39 is 11.7 Å². The lowest BCUT2D eigenvalue weighted by Crippen LogP contribution is -2.14. The van der Waals surface area contributed by atoms with Gasteiger partial charge in [-0.25, -0.2) is 4.39 Å². The third kappa shape index (κ3) is 2.12. The van der Waals surface area contributed by atoms with E-state index in [1.807, 2.05) is 0 Å². The SMILES string of the molecule is Cc1c(CCBr)ccc(C(N)=O)c1F. The molecule has 2 N–H and O–H groups in total. The fourth-order valence-corrected chi connectivity index (χ4v) is 1.72. The van der Waals surface area contributed by atoms with Crippen molar-refractivity contribution in [2.75, 3.05) is 5.33 Å². The molecular weight excluding hydrogens is 249 g/mol. The molecule has 4 heteroatoms. The van der Waals surface area contributed by atoms with Crippen LogP contribution in [0.5, 0.6) is 0 Å². The summed E-state index contributed by atoms with van der Waals surface area (Å²) in [5.41, 5.74) is 6.37. The molecule has 0 saturated heterocycles. The van der Waals surface area contributed by atoms with Crippen molar-refractivity contribution in [3.05, 3.63) is 34.6 Å². The average molecular weight is 260 g/mol. The van der Waals surface area contributed by atoms with Crippen LogP contribution in [-0.4, -0.2) is 11.2 Å². The molecule has 1 aromatic rings. The number of hydrogen-bond acceptors (Lipinski definition) is 1. The van der Waals surface area contributed by atoms with Crippen LogP contribution in [0.3, 0.4) is 0 Å². The van der Waals surface area contributed by atoms with E-state index in [2.05, 4.69) is 15.9 Å². The maximum absolute atomic E-state index is 13.5. The zero-order chi connectivity index (χ0) is 10.7. The maximum atomic E-state index is 13.5. The number of rotatable bonds is 3. The standard InChI is InChI=1S/C10H11BrFNO/c1-6-7(4-5-11)2-3-8(9(6)12)10(13)14/h2-3H,4-5H2,1H3,(H2,13,14). The van der Waals surface area contributed by atoms with E-state index in [4.69, 9.17) is 5.73 Å². The molecule has 0 spiro atoms. The number of alkyl halides is 1. The van der Waals surface area contributed by atoms with E-state index in [1.165, 1.54) is 6.07 Å². The molecule has 0 bridgehead atoms.